The SMILES string of the molecule is CC(C)=CCC/C(C)=C\C(=O)c1cc(C(=O)O)ccc1O. The van der Waals surface area contributed by atoms with Crippen molar-refractivity contribution in [3.05, 3.63) is 52.6 Å². The first-order chi connectivity index (χ1) is 9.81. The molecule has 0 saturated heterocycles. The summed E-state index contributed by atoms with van der Waals surface area (Å²) in [5.41, 5.74) is 2.10. The van der Waals surface area contributed by atoms with Gasteiger partial charge in [0, 0.05) is 0 Å². The average molecular weight is 288 g/mol. The van der Waals surface area contributed by atoms with Gasteiger partial charge in [0.15, 0.2) is 5.78 Å². The molecule has 0 fully saturated rings. The van der Waals surface area contributed by atoms with Gasteiger partial charge in [-0.2, -0.15) is 0 Å². The van der Waals surface area contributed by atoms with Crippen molar-refractivity contribution in [3.63, 3.8) is 0 Å². The van der Waals surface area contributed by atoms with Gasteiger partial charge in [-0.15, -0.1) is 0 Å². The molecule has 0 aromatic heterocycles. The van der Waals surface area contributed by atoms with E-state index in [4.69, 9.17) is 5.11 Å². The normalized spacial score (nSPS) is 11.1. The van der Waals surface area contributed by atoms with Crippen molar-refractivity contribution in [2.75, 3.05) is 0 Å². The summed E-state index contributed by atoms with van der Waals surface area (Å²) in [7, 11) is 0. The van der Waals surface area contributed by atoms with Crippen molar-refractivity contribution in [2.45, 2.75) is 33.6 Å². The van der Waals surface area contributed by atoms with Gasteiger partial charge >= 0.3 is 5.97 Å². The number of ketones is 1. The van der Waals surface area contributed by atoms with Crippen molar-refractivity contribution < 1.29 is 19.8 Å². The van der Waals surface area contributed by atoms with E-state index in [2.05, 4.69) is 6.08 Å². The molecule has 0 spiro atoms. The Hall–Kier alpha value is -2.36. The van der Waals surface area contributed by atoms with Gasteiger partial charge in [-0.25, -0.2) is 4.79 Å². The van der Waals surface area contributed by atoms with E-state index in [1.807, 2.05) is 20.8 Å². The fourth-order valence-electron chi connectivity index (χ4n) is 1.83. The molecular formula is C17H20O4. The topological polar surface area (TPSA) is 74.6 Å². The Labute approximate surface area is 124 Å². The van der Waals surface area contributed by atoms with E-state index in [0.717, 1.165) is 18.4 Å². The van der Waals surface area contributed by atoms with Crippen LogP contribution in [0.4, 0.5) is 0 Å². The zero-order chi connectivity index (χ0) is 16.0. The third-order valence-corrected chi connectivity index (χ3v) is 2.98. The standard InChI is InChI=1S/C17H20O4/c1-11(2)5-4-6-12(3)9-16(19)14-10-13(17(20)21)7-8-15(14)18/h5,7-10,18H,4,6H2,1-3H3,(H,20,21)/b12-9-. The van der Waals surface area contributed by atoms with Crippen LogP contribution >= 0.6 is 0 Å². The van der Waals surface area contributed by atoms with E-state index >= 15 is 0 Å². The minimum atomic E-state index is -1.13. The van der Waals surface area contributed by atoms with Gasteiger partial charge < -0.3 is 10.2 Å². The summed E-state index contributed by atoms with van der Waals surface area (Å²) in [5.74, 6) is -1.73. The lowest BCUT2D eigenvalue weighted by molar-refractivity contribution is 0.0697. The maximum atomic E-state index is 12.1. The molecule has 21 heavy (non-hydrogen) atoms. The van der Waals surface area contributed by atoms with E-state index in [0.29, 0.717) is 0 Å². The molecule has 0 aliphatic carbocycles. The lowest BCUT2D eigenvalue weighted by Crippen LogP contribution is -2.02. The Morgan fingerprint density at radius 2 is 1.86 bits per heavy atom. The van der Waals surface area contributed by atoms with Crippen LogP contribution in [0.3, 0.4) is 0 Å². The number of hydrogen-bond acceptors (Lipinski definition) is 3. The highest BCUT2D eigenvalue weighted by Gasteiger charge is 2.13. The summed E-state index contributed by atoms with van der Waals surface area (Å²) in [4.78, 5) is 23.0. The average Bonchev–Trinajstić information content (AvgIpc) is 2.38. The summed E-state index contributed by atoms with van der Waals surface area (Å²) in [6.07, 6.45) is 5.12. The van der Waals surface area contributed by atoms with Crippen LogP contribution < -0.4 is 0 Å². The van der Waals surface area contributed by atoms with Crippen LogP contribution in [0.15, 0.2) is 41.5 Å². The maximum absolute atomic E-state index is 12.1. The minimum Gasteiger partial charge on any atom is -0.507 e. The largest absolute Gasteiger partial charge is 0.507 e. The predicted octanol–water partition coefficient (Wildman–Crippen LogP) is 3.97. The first-order valence-electron chi connectivity index (χ1n) is 6.72. The number of aromatic carboxylic acids is 1. The first-order valence-corrected chi connectivity index (χ1v) is 6.72. The molecule has 0 bridgehead atoms. The van der Waals surface area contributed by atoms with Gasteiger partial charge in [0.25, 0.3) is 0 Å². The molecule has 0 aliphatic rings. The van der Waals surface area contributed by atoms with Crippen LogP contribution in [0.5, 0.6) is 5.75 Å². The number of carbonyl (C=O) groups is 2. The summed E-state index contributed by atoms with van der Waals surface area (Å²) < 4.78 is 0. The fraction of sp³-hybridized carbons (Fsp3) is 0.294. The zero-order valence-corrected chi connectivity index (χ0v) is 12.5. The summed E-state index contributed by atoms with van der Waals surface area (Å²) in [6, 6.07) is 3.68. The maximum Gasteiger partial charge on any atom is 0.335 e. The monoisotopic (exact) mass is 288 g/mol. The van der Waals surface area contributed by atoms with Crippen LogP contribution in [0.25, 0.3) is 0 Å². The molecule has 0 atom stereocenters. The Kier molecular flexibility index (Phi) is 5.91. The number of hydrogen-bond donors (Lipinski definition) is 2. The quantitative estimate of drug-likeness (QED) is 0.472. The first kappa shape index (κ1) is 16.7. The molecule has 4 nitrogen and oxygen atoms in total. The van der Waals surface area contributed by atoms with Crippen LogP contribution in [-0.2, 0) is 0 Å². The number of carboxylic acids is 1. The van der Waals surface area contributed by atoms with E-state index in [1.54, 1.807) is 0 Å². The molecule has 0 heterocycles. The Morgan fingerprint density at radius 1 is 1.19 bits per heavy atom. The van der Waals surface area contributed by atoms with Gasteiger partial charge in [0.1, 0.15) is 5.75 Å². The molecule has 112 valence electrons. The second kappa shape index (κ2) is 7.43. The summed E-state index contributed by atoms with van der Waals surface area (Å²) in [5, 5.41) is 18.6. The third-order valence-electron chi connectivity index (χ3n) is 2.98. The zero-order valence-electron chi connectivity index (χ0n) is 12.5. The lowest BCUT2D eigenvalue weighted by atomic mass is 10.0. The number of allylic oxidation sites excluding steroid dienone is 4. The number of phenolic OH excluding ortho intramolecular Hbond substituents is 1. The van der Waals surface area contributed by atoms with E-state index in [9.17, 15) is 14.7 Å². The van der Waals surface area contributed by atoms with Crippen molar-refractivity contribution in [1.29, 1.82) is 0 Å². The van der Waals surface area contributed by atoms with Crippen molar-refractivity contribution in [3.8, 4) is 5.75 Å². The molecule has 0 aliphatic heterocycles. The molecule has 1 aromatic rings. The van der Waals surface area contributed by atoms with Crippen molar-refractivity contribution in [1.82, 2.24) is 0 Å². The van der Waals surface area contributed by atoms with E-state index in [1.165, 1.54) is 29.8 Å². The number of benzene rings is 1. The molecule has 4 heteroatoms. The molecular weight excluding hydrogens is 268 g/mol. The summed E-state index contributed by atoms with van der Waals surface area (Å²) >= 11 is 0. The van der Waals surface area contributed by atoms with Gasteiger partial charge in [-0.05, 0) is 57.9 Å². The smallest absolute Gasteiger partial charge is 0.335 e. The van der Waals surface area contributed by atoms with Crippen LogP contribution in [0.2, 0.25) is 0 Å². The third kappa shape index (κ3) is 5.26. The molecule has 0 radical (unpaired) electrons. The van der Waals surface area contributed by atoms with Gasteiger partial charge in [0.2, 0.25) is 0 Å². The highest BCUT2D eigenvalue weighted by molar-refractivity contribution is 6.08. The van der Waals surface area contributed by atoms with Crippen molar-refractivity contribution >= 4 is 11.8 Å². The summed E-state index contributed by atoms with van der Waals surface area (Å²) in [6.45, 7) is 5.87. The van der Waals surface area contributed by atoms with Gasteiger partial charge in [-0.3, -0.25) is 4.79 Å². The highest BCUT2D eigenvalue weighted by atomic mass is 16.4. The highest BCUT2D eigenvalue weighted by Crippen LogP contribution is 2.20. The van der Waals surface area contributed by atoms with Crippen LogP contribution in [0.1, 0.15) is 54.3 Å². The van der Waals surface area contributed by atoms with Gasteiger partial charge in [0.05, 0.1) is 11.1 Å². The van der Waals surface area contributed by atoms with Gasteiger partial charge in [-0.1, -0.05) is 17.2 Å². The second-order valence-corrected chi connectivity index (χ2v) is 5.21. The molecule has 2 N–H and O–H groups in total. The van der Waals surface area contributed by atoms with E-state index < -0.39 is 5.97 Å². The predicted molar refractivity (Wildman–Crippen MR) is 81.8 cm³/mol. The fourth-order valence-corrected chi connectivity index (χ4v) is 1.83. The molecule has 1 aromatic carbocycles. The number of carbonyl (C=O) groups excluding carboxylic acids is 1. The van der Waals surface area contributed by atoms with Crippen LogP contribution in [-0.4, -0.2) is 22.0 Å². The molecule has 0 saturated carbocycles. The lowest BCUT2D eigenvalue weighted by Gasteiger charge is -2.04. The molecule has 0 unspecified atom stereocenters. The number of aromatic hydroxyl groups is 1. The minimum absolute atomic E-state index is 0.0106. The number of rotatable bonds is 6. The number of carboxylic acid groups (broad SMARTS) is 1. The Balaban J connectivity index is 2.90. The number of phenols is 1. The molecule has 0 amide bonds. The molecule has 1 rings (SSSR count). The van der Waals surface area contributed by atoms with Crippen LogP contribution in [0, 0.1) is 0 Å². The van der Waals surface area contributed by atoms with Crippen molar-refractivity contribution in [2.24, 2.45) is 0 Å². The Bertz CT molecular complexity index is 605. The van der Waals surface area contributed by atoms with E-state index in [-0.39, 0.29) is 22.7 Å². The Morgan fingerprint density at radius 3 is 2.43 bits per heavy atom. The second-order valence-electron chi connectivity index (χ2n) is 5.21.